The van der Waals surface area contributed by atoms with E-state index in [0.29, 0.717) is 11.8 Å². The Morgan fingerprint density at radius 3 is 2.63 bits per heavy atom. The Morgan fingerprint density at radius 1 is 1.21 bits per heavy atom. The van der Waals surface area contributed by atoms with Crippen LogP contribution in [0, 0.1) is 5.92 Å². The van der Waals surface area contributed by atoms with Gasteiger partial charge in [-0.3, -0.25) is 0 Å². The molecule has 2 saturated carbocycles. The summed E-state index contributed by atoms with van der Waals surface area (Å²) >= 11 is 0. The third-order valence-electron chi connectivity index (χ3n) is 4.11. The van der Waals surface area contributed by atoms with Crippen molar-refractivity contribution in [1.82, 2.24) is 9.97 Å². The van der Waals surface area contributed by atoms with Crippen LogP contribution in [-0.2, 0) is 0 Å². The average Bonchev–Trinajstić information content (AvgIpc) is 3.20. The van der Waals surface area contributed by atoms with Gasteiger partial charge in [-0.2, -0.15) is 0 Å². The standard InChI is InChI=1S/C14H22N4O/c1-15-12-7-13(18-14(17-12)9-5-6-9)16-8-10-3-2-4-11(10)19/h7,9-11,19H,2-6,8H2,1H3,(H2,15,16,17,18). The largest absolute Gasteiger partial charge is 0.393 e. The van der Waals surface area contributed by atoms with Crippen LogP contribution in [0.5, 0.6) is 0 Å². The second-order valence-corrected chi connectivity index (χ2v) is 5.66. The minimum absolute atomic E-state index is 0.152. The van der Waals surface area contributed by atoms with Crippen LogP contribution >= 0.6 is 0 Å². The molecule has 2 fully saturated rings. The van der Waals surface area contributed by atoms with E-state index in [1.807, 2.05) is 13.1 Å². The zero-order valence-corrected chi connectivity index (χ0v) is 11.4. The molecule has 104 valence electrons. The van der Waals surface area contributed by atoms with E-state index in [9.17, 15) is 5.11 Å². The topological polar surface area (TPSA) is 70.1 Å². The van der Waals surface area contributed by atoms with E-state index in [1.165, 1.54) is 12.8 Å². The third-order valence-corrected chi connectivity index (χ3v) is 4.11. The lowest BCUT2D eigenvalue weighted by Crippen LogP contribution is -2.22. The Kier molecular flexibility index (Phi) is 3.55. The molecule has 0 aliphatic heterocycles. The second kappa shape index (κ2) is 5.33. The van der Waals surface area contributed by atoms with Gasteiger partial charge in [0.05, 0.1) is 6.10 Å². The summed E-state index contributed by atoms with van der Waals surface area (Å²) in [7, 11) is 1.88. The lowest BCUT2D eigenvalue weighted by atomic mass is 10.1. The van der Waals surface area contributed by atoms with Crippen LogP contribution in [-0.4, -0.2) is 34.8 Å². The minimum atomic E-state index is -0.152. The molecule has 2 aliphatic carbocycles. The molecule has 5 heteroatoms. The summed E-state index contributed by atoms with van der Waals surface area (Å²) in [6, 6.07) is 1.94. The van der Waals surface area contributed by atoms with E-state index in [0.717, 1.165) is 43.3 Å². The van der Waals surface area contributed by atoms with Crippen LogP contribution in [0.1, 0.15) is 43.8 Å². The molecule has 3 rings (SSSR count). The highest BCUT2D eigenvalue weighted by Crippen LogP contribution is 2.38. The van der Waals surface area contributed by atoms with Crippen molar-refractivity contribution in [3.05, 3.63) is 11.9 Å². The number of hydrogen-bond donors (Lipinski definition) is 3. The number of aromatic nitrogens is 2. The predicted octanol–water partition coefficient (Wildman–Crippen LogP) is 1.97. The SMILES string of the molecule is CNc1cc(NCC2CCCC2O)nc(C2CC2)n1. The van der Waals surface area contributed by atoms with Gasteiger partial charge in [-0.25, -0.2) is 9.97 Å². The van der Waals surface area contributed by atoms with E-state index >= 15 is 0 Å². The molecule has 3 N–H and O–H groups in total. The Hall–Kier alpha value is -1.36. The normalized spacial score (nSPS) is 26.4. The fourth-order valence-electron chi connectivity index (χ4n) is 2.70. The van der Waals surface area contributed by atoms with Gasteiger partial charge in [0.25, 0.3) is 0 Å². The molecule has 0 bridgehead atoms. The lowest BCUT2D eigenvalue weighted by Gasteiger charge is -2.16. The number of nitrogens with one attached hydrogen (secondary N) is 2. The quantitative estimate of drug-likeness (QED) is 0.757. The zero-order valence-electron chi connectivity index (χ0n) is 11.4. The Bertz CT molecular complexity index is 447. The summed E-state index contributed by atoms with van der Waals surface area (Å²) in [6.45, 7) is 0.797. The molecular weight excluding hydrogens is 240 g/mol. The van der Waals surface area contributed by atoms with E-state index in [-0.39, 0.29) is 6.10 Å². The molecule has 5 nitrogen and oxygen atoms in total. The van der Waals surface area contributed by atoms with Gasteiger partial charge in [-0.1, -0.05) is 6.42 Å². The van der Waals surface area contributed by atoms with Gasteiger partial charge >= 0.3 is 0 Å². The Balaban J connectivity index is 1.67. The van der Waals surface area contributed by atoms with Crippen LogP contribution in [0.3, 0.4) is 0 Å². The molecule has 1 aromatic heterocycles. The number of aliphatic hydroxyl groups is 1. The van der Waals surface area contributed by atoms with E-state index in [1.54, 1.807) is 0 Å². The smallest absolute Gasteiger partial charge is 0.136 e. The summed E-state index contributed by atoms with van der Waals surface area (Å²) in [5.41, 5.74) is 0. The maximum atomic E-state index is 9.84. The van der Waals surface area contributed by atoms with E-state index in [4.69, 9.17) is 0 Å². The monoisotopic (exact) mass is 262 g/mol. The maximum absolute atomic E-state index is 9.84. The summed E-state index contributed by atoms with van der Waals surface area (Å²) < 4.78 is 0. The lowest BCUT2D eigenvalue weighted by molar-refractivity contribution is 0.138. The van der Waals surface area contributed by atoms with Crippen molar-refractivity contribution in [3.8, 4) is 0 Å². The van der Waals surface area contributed by atoms with Gasteiger partial charge in [0.15, 0.2) is 0 Å². The molecule has 0 spiro atoms. The number of nitrogens with zero attached hydrogens (tertiary/aromatic N) is 2. The van der Waals surface area contributed by atoms with Crippen LogP contribution in [0.15, 0.2) is 6.07 Å². The van der Waals surface area contributed by atoms with Gasteiger partial charge in [-0.15, -0.1) is 0 Å². The first-order valence-electron chi connectivity index (χ1n) is 7.25. The molecule has 19 heavy (non-hydrogen) atoms. The third kappa shape index (κ3) is 2.97. The Labute approximate surface area is 113 Å². The molecule has 0 radical (unpaired) electrons. The molecule has 1 aromatic rings. The molecule has 2 aliphatic rings. The summed E-state index contributed by atoms with van der Waals surface area (Å²) in [5, 5.41) is 16.3. The van der Waals surface area contributed by atoms with Crippen molar-refractivity contribution in [2.45, 2.75) is 44.1 Å². The average molecular weight is 262 g/mol. The van der Waals surface area contributed by atoms with Crippen molar-refractivity contribution in [2.24, 2.45) is 5.92 Å². The van der Waals surface area contributed by atoms with Crippen molar-refractivity contribution in [1.29, 1.82) is 0 Å². The number of hydrogen-bond acceptors (Lipinski definition) is 5. The fourth-order valence-corrected chi connectivity index (χ4v) is 2.70. The second-order valence-electron chi connectivity index (χ2n) is 5.66. The molecule has 2 unspecified atom stereocenters. The van der Waals surface area contributed by atoms with Crippen molar-refractivity contribution in [2.75, 3.05) is 24.2 Å². The van der Waals surface area contributed by atoms with Crippen molar-refractivity contribution >= 4 is 11.6 Å². The van der Waals surface area contributed by atoms with Gasteiger partial charge in [0, 0.05) is 31.5 Å². The molecule has 2 atom stereocenters. The minimum Gasteiger partial charge on any atom is -0.393 e. The highest BCUT2D eigenvalue weighted by Gasteiger charge is 2.28. The van der Waals surface area contributed by atoms with Crippen LogP contribution in [0.25, 0.3) is 0 Å². The van der Waals surface area contributed by atoms with Gasteiger partial charge in [0.2, 0.25) is 0 Å². The predicted molar refractivity (Wildman–Crippen MR) is 75.4 cm³/mol. The van der Waals surface area contributed by atoms with Crippen molar-refractivity contribution in [3.63, 3.8) is 0 Å². The molecular formula is C14H22N4O. The molecule has 0 amide bonds. The van der Waals surface area contributed by atoms with E-state index in [2.05, 4.69) is 20.6 Å². The Morgan fingerprint density at radius 2 is 2.00 bits per heavy atom. The summed E-state index contributed by atoms with van der Waals surface area (Å²) in [4.78, 5) is 9.08. The first kappa shape index (κ1) is 12.7. The maximum Gasteiger partial charge on any atom is 0.136 e. The molecule has 1 heterocycles. The molecule has 0 saturated heterocycles. The van der Waals surface area contributed by atoms with Gasteiger partial charge < -0.3 is 15.7 Å². The van der Waals surface area contributed by atoms with Gasteiger partial charge in [-0.05, 0) is 25.7 Å². The first-order chi connectivity index (χ1) is 9.26. The fraction of sp³-hybridized carbons (Fsp3) is 0.714. The summed E-state index contributed by atoms with van der Waals surface area (Å²) in [5.74, 6) is 3.59. The first-order valence-corrected chi connectivity index (χ1v) is 7.25. The highest BCUT2D eigenvalue weighted by molar-refractivity contribution is 5.47. The van der Waals surface area contributed by atoms with Crippen LogP contribution in [0.2, 0.25) is 0 Å². The van der Waals surface area contributed by atoms with Gasteiger partial charge in [0.1, 0.15) is 17.5 Å². The number of rotatable bonds is 5. The zero-order chi connectivity index (χ0) is 13.2. The number of aliphatic hydroxyl groups excluding tert-OH is 1. The van der Waals surface area contributed by atoms with E-state index < -0.39 is 0 Å². The molecule has 0 aromatic carbocycles. The highest BCUT2D eigenvalue weighted by atomic mass is 16.3. The summed E-state index contributed by atoms with van der Waals surface area (Å²) in [6.07, 6.45) is 5.42. The van der Waals surface area contributed by atoms with Crippen LogP contribution < -0.4 is 10.6 Å². The van der Waals surface area contributed by atoms with Crippen LogP contribution in [0.4, 0.5) is 11.6 Å². The number of anilines is 2. The van der Waals surface area contributed by atoms with Crippen molar-refractivity contribution < 1.29 is 5.11 Å².